The fourth-order valence-electron chi connectivity index (χ4n) is 2.26. The van der Waals surface area contributed by atoms with Gasteiger partial charge in [0.2, 0.25) is 0 Å². The van der Waals surface area contributed by atoms with E-state index in [-0.39, 0.29) is 0 Å². The Morgan fingerprint density at radius 2 is 2.31 bits per heavy atom. The van der Waals surface area contributed by atoms with Crippen molar-refractivity contribution in [2.75, 3.05) is 6.54 Å². The molecular formula is C13H19BrN2. The predicted octanol–water partition coefficient (Wildman–Crippen LogP) is 3.68. The molecule has 0 aromatic carbocycles. The Labute approximate surface area is 106 Å². The van der Waals surface area contributed by atoms with E-state index in [1.807, 2.05) is 12.4 Å². The third-order valence-corrected chi connectivity index (χ3v) is 3.81. The maximum Gasteiger partial charge on any atom is 0.0410 e. The average molecular weight is 283 g/mol. The summed E-state index contributed by atoms with van der Waals surface area (Å²) >= 11 is 3.49. The molecule has 1 heterocycles. The van der Waals surface area contributed by atoms with E-state index in [4.69, 9.17) is 0 Å². The van der Waals surface area contributed by atoms with Gasteiger partial charge in [-0.1, -0.05) is 26.2 Å². The van der Waals surface area contributed by atoms with Gasteiger partial charge in [-0.25, -0.2) is 0 Å². The summed E-state index contributed by atoms with van der Waals surface area (Å²) in [7, 11) is 0. The SMILES string of the molecule is CCNC(CC1CCC1)c1cncc(Br)c1. The molecule has 2 rings (SSSR count). The van der Waals surface area contributed by atoms with Crippen LogP contribution in [0.4, 0.5) is 0 Å². The normalized spacial score (nSPS) is 18.1. The summed E-state index contributed by atoms with van der Waals surface area (Å²) < 4.78 is 1.07. The molecule has 88 valence electrons. The number of aromatic nitrogens is 1. The van der Waals surface area contributed by atoms with Gasteiger partial charge in [0.25, 0.3) is 0 Å². The van der Waals surface area contributed by atoms with Crippen LogP contribution in [0, 0.1) is 5.92 Å². The van der Waals surface area contributed by atoms with Crippen LogP contribution in [0.15, 0.2) is 22.9 Å². The van der Waals surface area contributed by atoms with Crippen LogP contribution in [-0.4, -0.2) is 11.5 Å². The lowest BCUT2D eigenvalue weighted by atomic mass is 9.80. The van der Waals surface area contributed by atoms with Gasteiger partial charge in [-0.2, -0.15) is 0 Å². The number of hydrogen-bond acceptors (Lipinski definition) is 2. The van der Waals surface area contributed by atoms with Crippen molar-refractivity contribution in [1.29, 1.82) is 0 Å². The minimum atomic E-state index is 0.472. The van der Waals surface area contributed by atoms with Gasteiger partial charge < -0.3 is 5.32 Å². The quantitative estimate of drug-likeness (QED) is 0.891. The summed E-state index contributed by atoms with van der Waals surface area (Å²) in [5.74, 6) is 0.919. The average Bonchev–Trinajstić information content (AvgIpc) is 2.21. The van der Waals surface area contributed by atoms with Gasteiger partial charge in [0.05, 0.1) is 0 Å². The largest absolute Gasteiger partial charge is 0.310 e. The van der Waals surface area contributed by atoms with Gasteiger partial charge in [-0.3, -0.25) is 4.98 Å². The molecule has 0 aliphatic heterocycles. The number of halogens is 1. The van der Waals surface area contributed by atoms with Crippen molar-refractivity contribution in [1.82, 2.24) is 10.3 Å². The van der Waals surface area contributed by atoms with E-state index in [1.165, 1.54) is 31.2 Å². The molecule has 1 aromatic heterocycles. The van der Waals surface area contributed by atoms with Gasteiger partial charge in [0, 0.05) is 22.9 Å². The predicted molar refractivity (Wildman–Crippen MR) is 70.3 cm³/mol. The Balaban J connectivity index is 2.04. The van der Waals surface area contributed by atoms with Crippen LogP contribution >= 0.6 is 15.9 Å². The fraction of sp³-hybridized carbons (Fsp3) is 0.615. The van der Waals surface area contributed by atoms with Crippen molar-refractivity contribution in [2.45, 2.75) is 38.6 Å². The highest BCUT2D eigenvalue weighted by atomic mass is 79.9. The van der Waals surface area contributed by atoms with Gasteiger partial charge >= 0.3 is 0 Å². The molecule has 1 aliphatic rings. The lowest BCUT2D eigenvalue weighted by Gasteiger charge is -2.30. The zero-order chi connectivity index (χ0) is 11.4. The maximum atomic E-state index is 4.25. The van der Waals surface area contributed by atoms with E-state index in [1.54, 1.807) is 0 Å². The molecule has 1 atom stereocenters. The maximum absolute atomic E-state index is 4.25. The van der Waals surface area contributed by atoms with E-state index in [9.17, 15) is 0 Å². The van der Waals surface area contributed by atoms with E-state index in [0.29, 0.717) is 6.04 Å². The van der Waals surface area contributed by atoms with Crippen LogP contribution in [0.5, 0.6) is 0 Å². The van der Waals surface area contributed by atoms with Crippen molar-refractivity contribution in [3.05, 3.63) is 28.5 Å². The molecule has 1 N–H and O–H groups in total. The van der Waals surface area contributed by atoms with Gasteiger partial charge in [-0.15, -0.1) is 0 Å². The molecular weight excluding hydrogens is 264 g/mol. The van der Waals surface area contributed by atoms with Crippen LogP contribution in [0.1, 0.15) is 44.2 Å². The third kappa shape index (κ3) is 3.05. The van der Waals surface area contributed by atoms with Crippen LogP contribution in [0.25, 0.3) is 0 Å². The minimum absolute atomic E-state index is 0.472. The van der Waals surface area contributed by atoms with Crippen LogP contribution in [0.3, 0.4) is 0 Å². The highest BCUT2D eigenvalue weighted by molar-refractivity contribution is 9.10. The topological polar surface area (TPSA) is 24.9 Å². The van der Waals surface area contributed by atoms with E-state index < -0.39 is 0 Å². The second-order valence-corrected chi connectivity index (χ2v) is 5.50. The Hall–Kier alpha value is -0.410. The van der Waals surface area contributed by atoms with Crippen molar-refractivity contribution < 1.29 is 0 Å². The number of nitrogens with zero attached hydrogens (tertiary/aromatic N) is 1. The summed E-state index contributed by atoms with van der Waals surface area (Å²) in [6.07, 6.45) is 9.31. The second kappa shape index (κ2) is 5.78. The molecule has 1 aromatic rings. The molecule has 0 saturated heterocycles. The molecule has 1 unspecified atom stereocenters. The standard InChI is InChI=1S/C13H19BrN2/c1-2-16-13(6-10-4-3-5-10)11-7-12(14)9-15-8-11/h7-10,13,16H,2-6H2,1H3. The lowest BCUT2D eigenvalue weighted by Crippen LogP contribution is -2.26. The van der Waals surface area contributed by atoms with E-state index in [2.05, 4.69) is 39.2 Å². The Morgan fingerprint density at radius 3 is 2.88 bits per heavy atom. The van der Waals surface area contributed by atoms with Crippen molar-refractivity contribution >= 4 is 15.9 Å². The summed E-state index contributed by atoms with van der Waals surface area (Å²) in [5, 5.41) is 3.56. The van der Waals surface area contributed by atoms with Crippen LogP contribution in [-0.2, 0) is 0 Å². The van der Waals surface area contributed by atoms with Gasteiger partial charge in [-0.05, 0) is 46.4 Å². The van der Waals surface area contributed by atoms with Crippen molar-refractivity contribution in [3.63, 3.8) is 0 Å². The Kier molecular flexibility index (Phi) is 4.36. The Morgan fingerprint density at radius 1 is 1.50 bits per heavy atom. The summed E-state index contributed by atoms with van der Waals surface area (Å²) in [6.45, 7) is 3.18. The first-order chi connectivity index (χ1) is 7.79. The van der Waals surface area contributed by atoms with Crippen LogP contribution < -0.4 is 5.32 Å². The monoisotopic (exact) mass is 282 g/mol. The molecule has 0 radical (unpaired) electrons. The molecule has 3 heteroatoms. The molecule has 1 fully saturated rings. The number of hydrogen-bond donors (Lipinski definition) is 1. The molecule has 2 nitrogen and oxygen atoms in total. The summed E-state index contributed by atoms with van der Waals surface area (Å²) in [4.78, 5) is 4.25. The van der Waals surface area contributed by atoms with Crippen LogP contribution in [0.2, 0.25) is 0 Å². The minimum Gasteiger partial charge on any atom is -0.310 e. The molecule has 0 bridgehead atoms. The fourth-order valence-corrected chi connectivity index (χ4v) is 2.65. The summed E-state index contributed by atoms with van der Waals surface area (Å²) in [5.41, 5.74) is 1.31. The zero-order valence-corrected chi connectivity index (χ0v) is 11.3. The summed E-state index contributed by atoms with van der Waals surface area (Å²) in [6, 6.07) is 2.65. The van der Waals surface area contributed by atoms with Crippen molar-refractivity contribution in [3.8, 4) is 0 Å². The highest BCUT2D eigenvalue weighted by Crippen LogP contribution is 2.34. The highest BCUT2D eigenvalue weighted by Gasteiger charge is 2.22. The first-order valence-electron chi connectivity index (χ1n) is 6.13. The smallest absolute Gasteiger partial charge is 0.0410 e. The van der Waals surface area contributed by atoms with Gasteiger partial charge in [0.1, 0.15) is 0 Å². The molecule has 0 amide bonds. The number of pyridine rings is 1. The molecule has 1 aliphatic carbocycles. The first-order valence-corrected chi connectivity index (χ1v) is 6.92. The Bertz CT molecular complexity index is 336. The lowest BCUT2D eigenvalue weighted by molar-refractivity contribution is 0.262. The molecule has 16 heavy (non-hydrogen) atoms. The number of rotatable bonds is 5. The second-order valence-electron chi connectivity index (χ2n) is 4.58. The van der Waals surface area contributed by atoms with E-state index >= 15 is 0 Å². The molecule has 1 saturated carbocycles. The van der Waals surface area contributed by atoms with Gasteiger partial charge in [0.15, 0.2) is 0 Å². The van der Waals surface area contributed by atoms with Crippen molar-refractivity contribution in [2.24, 2.45) is 5.92 Å². The van der Waals surface area contributed by atoms with E-state index in [0.717, 1.165) is 16.9 Å². The zero-order valence-electron chi connectivity index (χ0n) is 9.75. The third-order valence-electron chi connectivity index (χ3n) is 3.37. The first kappa shape index (κ1) is 12.1. The number of nitrogens with one attached hydrogen (secondary N) is 1. The molecule has 0 spiro atoms.